The molecule has 1 aromatic heterocycles. The van der Waals surface area contributed by atoms with Crippen molar-refractivity contribution in [3.8, 4) is 0 Å². The van der Waals surface area contributed by atoms with Crippen LogP contribution in [0, 0.1) is 0 Å². The third-order valence-electron chi connectivity index (χ3n) is 5.55. The van der Waals surface area contributed by atoms with Gasteiger partial charge in [-0.3, -0.25) is 9.59 Å². The maximum absolute atomic E-state index is 12.2. The fourth-order valence-corrected chi connectivity index (χ4v) is 3.78. The number of hydrogen-bond donors (Lipinski definition) is 4. The number of carbonyl (C=O) groups is 2. The third kappa shape index (κ3) is 3.49. The molecule has 0 bridgehead atoms. The number of anilines is 4. The molecule has 2 aliphatic rings. The van der Waals surface area contributed by atoms with Crippen LogP contribution >= 0.6 is 0 Å². The summed E-state index contributed by atoms with van der Waals surface area (Å²) < 4.78 is 0. The van der Waals surface area contributed by atoms with Crippen molar-refractivity contribution >= 4 is 35.0 Å². The molecule has 9 nitrogen and oxygen atoms in total. The van der Waals surface area contributed by atoms with Crippen molar-refractivity contribution in [2.24, 2.45) is 11.5 Å². The van der Waals surface area contributed by atoms with Crippen molar-refractivity contribution in [3.05, 3.63) is 35.5 Å². The number of hydrogen-bond acceptors (Lipinski definition) is 7. The fourth-order valence-electron chi connectivity index (χ4n) is 3.78. The van der Waals surface area contributed by atoms with Crippen molar-refractivity contribution in [2.45, 2.75) is 38.1 Å². The Morgan fingerprint density at radius 2 is 2.17 bits per heavy atom. The van der Waals surface area contributed by atoms with Gasteiger partial charge in [0.25, 0.3) is 5.91 Å². The lowest BCUT2D eigenvalue weighted by atomic mass is 9.86. The van der Waals surface area contributed by atoms with E-state index in [0.717, 1.165) is 30.6 Å². The average Bonchev–Trinajstić information content (AvgIpc) is 2.90. The Bertz CT molecular complexity index is 989. The van der Waals surface area contributed by atoms with Gasteiger partial charge in [0.2, 0.25) is 11.9 Å². The molecule has 0 radical (unpaired) electrons. The van der Waals surface area contributed by atoms with E-state index in [4.69, 9.17) is 11.5 Å². The summed E-state index contributed by atoms with van der Waals surface area (Å²) in [7, 11) is 0. The Morgan fingerprint density at radius 1 is 1.38 bits per heavy atom. The summed E-state index contributed by atoms with van der Waals surface area (Å²) in [4.78, 5) is 35.0. The number of nitrogens with zero attached hydrogens (tertiary/aromatic N) is 3. The summed E-state index contributed by atoms with van der Waals surface area (Å²) in [6.45, 7) is 5.21. The minimum atomic E-state index is -0.639. The number of piperidine rings is 1. The van der Waals surface area contributed by atoms with Gasteiger partial charge in [0, 0.05) is 36.7 Å². The summed E-state index contributed by atoms with van der Waals surface area (Å²) in [5, 5.41) is 6.06. The van der Waals surface area contributed by atoms with Crippen LogP contribution in [0.25, 0.3) is 0 Å². The number of aromatic nitrogens is 2. The molecule has 152 valence electrons. The molecule has 1 aromatic carbocycles. The number of fused-ring (bicyclic) bond motifs is 1. The van der Waals surface area contributed by atoms with Crippen molar-refractivity contribution in [3.63, 3.8) is 0 Å². The van der Waals surface area contributed by atoms with Crippen LogP contribution < -0.4 is 27.0 Å². The van der Waals surface area contributed by atoms with Gasteiger partial charge in [-0.1, -0.05) is 0 Å². The Labute approximate surface area is 168 Å². The van der Waals surface area contributed by atoms with Gasteiger partial charge < -0.3 is 27.0 Å². The first-order chi connectivity index (χ1) is 13.8. The van der Waals surface area contributed by atoms with Crippen LogP contribution in [0.4, 0.5) is 23.1 Å². The molecule has 9 heteroatoms. The molecule has 2 amide bonds. The minimum Gasteiger partial charge on any atom is -0.365 e. The largest absolute Gasteiger partial charge is 0.365 e. The maximum atomic E-state index is 12.2. The highest BCUT2D eigenvalue weighted by molar-refractivity contribution is 6.06. The second-order valence-corrected chi connectivity index (χ2v) is 8.11. The first kappa shape index (κ1) is 19.1. The second-order valence-electron chi connectivity index (χ2n) is 8.11. The quantitative estimate of drug-likeness (QED) is 0.615. The van der Waals surface area contributed by atoms with Gasteiger partial charge in [0.05, 0.1) is 5.41 Å². The van der Waals surface area contributed by atoms with E-state index < -0.39 is 11.3 Å². The normalized spacial score (nSPS) is 20.2. The zero-order chi connectivity index (χ0) is 20.8. The van der Waals surface area contributed by atoms with Gasteiger partial charge in [-0.2, -0.15) is 4.98 Å². The van der Waals surface area contributed by atoms with E-state index in [0.29, 0.717) is 24.0 Å². The van der Waals surface area contributed by atoms with Crippen molar-refractivity contribution < 1.29 is 9.59 Å². The lowest BCUT2D eigenvalue weighted by molar-refractivity contribution is -0.119. The number of nitrogens with one attached hydrogen (secondary N) is 2. The van der Waals surface area contributed by atoms with E-state index in [9.17, 15) is 9.59 Å². The van der Waals surface area contributed by atoms with Crippen molar-refractivity contribution in [2.75, 3.05) is 28.6 Å². The van der Waals surface area contributed by atoms with Gasteiger partial charge in [0.15, 0.2) is 0 Å². The summed E-state index contributed by atoms with van der Waals surface area (Å²) in [6.07, 6.45) is 3.37. The molecule has 4 rings (SSSR count). The van der Waals surface area contributed by atoms with Crippen molar-refractivity contribution in [1.29, 1.82) is 0 Å². The maximum Gasteiger partial charge on any atom is 0.254 e. The molecule has 0 saturated carbocycles. The van der Waals surface area contributed by atoms with Gasteiger partial charge in [-0.15, -0.1) is 0 Å². The van der Waals surface area contributed by atoms with Gasteiger partial charge >= 0.3 is 0 Å². The molecule has 0 unspecified atom stereocenters. The Morgan fingerprint density at radius 3 is 2.90 bits per heavy atom. The molecule has 29 heavy (non-hydrogen) atoms. The molecular weight excluding hydrogens is 370 g/mol. The van der Waals surface area contributed by atoms with Crippen LogP contribution in [0.15, 0.2) is 24.4 Å². The molecular formula is C20H25N7O2. The summed E-state index contributed by atoms with van der Waals surface area (Å²) >= 11 is 0. The molecule has 0 aliphatic carbocycles. The zero-order valence-corrected chi connectivity index (χ0v) is 16.5. The van der Waals surface area contributed by atoms with E-state index in [2.05, 4.69) is 20.6 Å². The van der Waals surface area contributed by atoms with E-state index in [1.165, 1.54) is 6.20 Å². The summed E-state index contributed by atoms with van der Waals surface area (Å²) in [5.74, 6) is 0.170. The van der Waals surface area contributed by atoms with E-state index >= 15 is 0 Å². The molecule has 1 atom stereocenters. The molecule has 2 aromatic rings. The van der Waals surface area contributed by atoms with Crippen LogP contribution in [-0.2, 0) is 10.2 Å². The topological polar surface area (TPSA) is 139 Å². The smallest absolute Gasteiger partial charge is 0.254 e. The summed E-state index contributed by atoms with van der Waals surface area (Å²) in [6, 6.07) is 5.61. The monoisotopic (exact) mass is 395 g/mol. The lowest BCUT2D eigenvalue weighted by Gasteiger charge is -2.31. The SMILES string of the molecule is CC1(C)C(=O)Nc2ccc(Nc3nc(N4CCC[C@H](N)C4)ncc3C(N)=O)cc21. The zero-order valence-electron chi connectivity index (χ0n) is 16.5. The van der Waals surface area contributed by atoms with Crippen molar-refractivity contribution in [1.82, 2.24) is 9.97 Å². The average molecular weight is 395 g/mol. The highest BCUT2D eigenvalue weighted by atomic mass is 16.2. The molecule has 6 N–H and O–H groups in total. The molecule has 1 saturated heterocycles. The third-order valence-corrected chi connectivity index (χ3v) is 5.55. The number of nitrogens with two attached hydrogens (primary N) is 2. The number of primary amides is 1. The first-order valence-electron chi connectivity index (χ1n) is 9.66. The molecule has 0 spiro atoms. The highest BCUT2D eigenvalue weighted by Crippen LogP contribution is 2.39. The van der Waals surface area contributed by atoms with Crippen LogP contribution in [-0.4, -0.2) is 40.9 Å². The van der Waals surface area contributed by atoms with Gasteiger partial charge in [-0.25, -0.2) is 4.98 Å². The van der Waals surface area contributed by atoms with Crippen LogP contribution in [0.1, 0.15) is 42.6 Å². The Hall–Kier alpha value is -3.20. The lowest BCUT2D eigenvalue weighted by Crippen LogP contribution is -2.43. The molecule has 3 heterocycles. The standard InChI is InChI=1S/C20H25N7O2/c1-20(2)14-8-12(5-6-15(14)25-18(20)29)24-17-13(16(22)28)9-23-19(26-17)27-7-3-4-11(21)10-27/h5-6,8-9,11H,3-4,7,10,21H2,1-2H3,(H2,22,28)(H,25,29)(H,23,24,26)/t11-/m0/s1. The highest BCUT2D eigenvalue weighted by Gasteiger charge is 2.38. The van der Waals surface area contributed by atoms with E-state index in [1.807, 2.05) is 36.9 Å². The molecule has 2 aliphatic heterocycles. The predicted molar refractivity (Wildman–Crippen MR) is 111 cm³/mol. The predicted octanol–water partition coefficient (Wildman–Crippen LogP) is 1.48. The minimum absolute atomic E-state index is 0.0479. The first-order valence-corrected chi connectivity index (χ1v) is 9.66. The van der Waals surface area contributed by atoms with Crippen LogP contribution in [0.5, 0.6) is 0 Å². The van der Waals surface area contributed by atoms with Gasteiger partial charge in [-0.05, 0) is 50.5 Å². The number of rotatable bonds is 4. The summed E-state index contributed by atoms with van der Waals surface area (Å²) in [5.41, 5.74) is 13.5. The second kappa shape index (κ2) is 7.00. The Balaban J connectivity index is 1.67. The van der Waals surface area contributed by atoms with Crippen LogP contribution in [0.3, 0.4) is 0 Å². The number of carbonyl (C=O) groups excluding carboxylic acids is 2. The van der Waals surface area contributed by atoms with E-state index in [1.54, 1.807) is 0 Å². The van der Waals surface area contributed by atoms with E-state index in [-0.39, 0.29) is 17.5 Å². The number of amides is 2. The molecule has 1 fully saturated rings. The number of benzene rings is 1. The van der Waals surface area contributed by atoms with Crippen LogP contribution in [0.2, 0.25) is 0 Å². The Kier molecular flexibility index (Phi) is 4.62. The fraction of sp³-hybridized carbons (Fsp3) is 0.400. The van der Waals surface area contributed by atoms with Gasteiger partial charge in [0.1, 0.15) is 11.4 Å².